The zero-order valence-electron chi connectivity index (χ0n) is 12.7. The minimum Gasteiger partial charge on any atom is -0.366 e. The Labute approximate surface area is 125 Å². The topological polar surface area (TPSA) is 72.9 Å². The highest BCUT2D eigenvalue weighted by molar-refractivity contribution is 5.92. The fourth-order valence-electron chi connectivity index (χ4n) is 2.17. The number of hydrogen-bond donors (Lipinski definition) is 2. The quantitative estimate of drug-likeness (QED) is 0.853. The molecule has 5 heteroatoms. The van der Waals surface area contributed by atoms with E-state index in [1.165, 1.54) is 0 Å². The van der Waals surface area contributed by atoms with Gasteiger partial charge in [-0.25, -0.2) is 0 Å². The van der Waals surface area contributed by atoms with Gasteiger partial charge in [-0.15, -0.1) is 0 Å². The minimum absolute atomic E-state index is 0.248. The average molecular weight is 286 g/mol. The Morgan fingerprint density at radius 3 is 2.81 bits per heavy atom. The van der Waals surface area contributed by atoms with E-state index in [0.717, 1.165) is 11.1 Å². The lowest BCUT2D eigenvalue weighted by molar-refractivity contribution is 0.1000. The van der Waals surface area contributed by atoms with Gasteiger partial charge in [0.1, 0.15) is 0 Å². The minimum atomic E-state index is -0.398. The molecule has 0 radical (unpaired) electrons. The summed E-state index contributed by atoms with van der Waals surface area (Å²) in [4.78, 5) is 11.2. The van der Waals surface area contributed by atoms with Crippen molar-refractivity contribution >= 4 is 5.91 Å². The second-order valence-corrected chi connectivity index (χ2v) is 5.47. The van der Waals surface area contributed by atoms with E-state index in [2.05, 4.69) is 24.3 Å². The monoisotopic (exact) mass is 286 g/mol. The van der Waals surface area contributed by atoms with Gasteiger partial charge in [0.2, 0.25) is 5.91 Å². The van der Waals surface area contributed by atoms with Crippen LogP contribution in [0.1, 0.15) is 41.4 Å². The van der Waals surface area contributed by atoms with Gasteiger partial charge in [0.25, 0.3) is 0 Å². The van der Waals surface area contributed by atoms with E-state index in [-0.39, 0.29) is 12.1 Å². The lowest BCUT2D eigenvalue weighted by atomic mass is 10.1. The van der Waals surface area contributed by atoms with Gasteiger partial charge in [0.05, 0.1) is 12.2 Å². The van der Waals surface area contributed by atoms with Crippen molar-refractivity contribution in [3.8, 4) is 0 Å². The summed E-state index contributed by atoms with van der Waals surface area (Å²) in [6, 6.07) is 7.88. The van der Waals surface area contributed by atoms with Crippen LogP contribution in [0.2, 0.25) is 0 Å². The lowest BCUT2D eigenvalue weighted by Crippen LogP contribution is -2.33. The van der Waals surface area contributed by atoms with Gasteiger partial charge in [-0.1, -0.05) is 12.1 Å². The number of nitrogens with two attached hydrogens (primary N) is 1. The van der Waals surface area contributed by atoms with Crippen molar-refractivity contribution in [3.05, 3.63) is 53.3 Å². The molecule has 3 N–H and O–H groups in total. The first-order chi connectivity index (χ1) is 9.97. The third-order valence-electron chi connectivity index (χ3n) is 3.71. The number of hydrogen-bond acceptors (Lipinski definition) is 3. The summed E-state index contributed by atoms with van der Waals surface area (Å²) in [6.45, 7) is 6.97. The van der Waals surface area contributed by atoms with Gasteiger partial charge in [0, 0.05) is 24.3 Å². The summed E-state index contributed by atoms with van der Waals surface area (Å²) < 4.78 is 1.97. The maximum absolute atomic E-state index is 11.2. The smallest absolute Gasteiger partial charge is 0.248 e. The Balaban J connectivity index is 1.96. The van der Waals surface area contributed by atoms with Gasteiger partial charge in [-0.05, 0) is 44.0 Å². The molecule has 0 fully saturated rings. The summed E-state index contributed by atoms with van der Waals surface area (Å²) in [7, 11) is 0. The summed E-state index contributed by atoms with van der Waals surface area (Å²) in [5.41, 5.74) is 8.03. The average Bonchev–Trinajstić information content (AvgIpc) is 2.90. The van der Waals surface area contributed by atoms with Crippen LogP contribution in [0.25, 0.3) is 0 Å². The molecule has 0 aliphatic heterocycles. The number of rotatable bonds is 6. The van der Waals surface area contributed by atoms with Crippen molar-refractivity contribution in [1.29, 1.82) is 0 Å². The van der Waals surface area contributed by atoms with E-state index in [4.69, 9.17) is 5.73 Å². The zero-order valence-corrected chi connectivity index (χ0v) is 12.7. The highest BCUT2D eigenvalue weighted by Gasteiger charge is 2.14. The summed E-state index contributed by atoms with van der Waals surface area (Å²) in [5, 5.41) is 7.80. The number of carbonyl (C=O) groups is 1. The predicted molar refractivity (Wildman–Crippen MR) is 82.9 cm³/mol. The molecule has 0 saturated heterocycles. The van der Waals surface area contributed by atoms with Gasteiger partial charge >= 0.3 is 0 Å². The van der Waals surface area contributed by atoms with E-state index in [0.29, 0.717) is 12.1 Å². The fourth-order valence-corrected chi connectivity index (χ4v) is 2.17. The van der Waals surface area contributed by atoms with Crippen LogP contribution in [0.5, 0.6) is 0 Å². The summed E-state index contributed by atoms with van der Waals surface area (Å²) >= 11 is 0. The van der Waals surface area contributed by atoms with Gasteiger partial charge < -0.3 is 11.1 Å². The molecule has 0 spiro atoms. The van der Waals surface area contributed by atoms with Crippen molar-refractivity contribution in [2.75, 3.05) is 0 Å². The Morgan fingerprint density at radius 2 is 2.19 bits per heavy atom. The molecule has 1 aromatic carbocycles. The molecular formula is C16H22N4O. The summed E-state index contributed by atoms with van der Waals surface area (Å²) in [5.74, 6) is -0.398. The molecule has 0 aliphatic rings. The number of aromatic nitrogens is 2. The number of aryl methyl sites for hydroxylation is 1. The molecule has 5 nitrogen and oxygen atoms in total. The molecule has 2 aromatic rings. The van der Waals surface area contributed by atoms with Crippen LogP contribution in [0.3, 0.4) is 0 Å². The maximum Gasteiger partial charge on any atom is 0.248 e. The molecule has 2 rings (SSSR count). The standard InChI is InChI=1S/C16H22N4O/c1-11-8-19-20(10-11)13(3)12(2)18-9-14-5-4-6-15(7-14)16(17)21/h4-8,10,12-13,18H,9H2,1-3H3,(H2,17,21)/t12-,13-/m0/s1. The summed E-state index contributed by atoms with van der Waals surface area (Å²) in [6.07, 6.45) is 3.90. The van der Waals surface area contributed by atoms with E-state index in [9.17, 15) is 4.79 Å². The molecule has 2 atom stereocenters. The number of primary amides is 1. The first-order valence-corrected chi connectivity index (χ1v) is 7.10. The molecule has 0 bridgehead atoms. The van der Waals surface area contributed by atoms with Crippen molar-refractivity contribution in [2.24, 2.45) is 5.73 Å². The van der Waals surface area contributed by atoms with Crippen LogP contribution in [0.15, 0.2) is 36.7 Å². The Hall–Kier alpha value is -2.14. The van der Waals surface area contributed by atoms with Crippen LogP contribution >= 0.6 is 0 Å². The van der Waals surface area contributed by atoms with Crippen molar-refractivity contribution in [2.45, 2.75) is 39.4 Å². The number of amides is 1. The van der Waals surface area contributed by atoms with Crippen LogP contribution < -0.4 is 11.1 Å². The number of nitrogens with zero attached hydrogens (tertiary/aromatic N) is 2. The molecule has 0 saturated carbocycles. The fraction of sp³-hybridized carbons (Fsp3) is 0.375. The molecular weight excluding hydrogens is 264 g/mol. The van der Waals surface area contributed by atoms with Crippen LogP contribution in [0, 0.1) is 6.92 Å². The zero-order chi connectivity index (χ0) is 15.4. The molecule has 21 heavy (non-hydrogen) atoms. The van der Waals surface area contributed by atoms with E-state index < -0.39 is 5.91 Å². The van der Waals surface area contributed by atoms with Gasteiger partial charge in [-0.3, -0.25) is 9.48 Å². The van der Waals surface area contributed by atoms with Gasteiger partial charge in [-0.2, -0.15) is 5.10 Å². The third kappa shape index (κ3) is 3.92. The molecule has 1 aromatic heterocycles. The van der Waals surface area contributed by atoms with E-state index >= 15 is 0 Å². The lowest BCUT2D eigenvalue weighted by Gasteiger charge is -2.22. The molecule has 112 valence electrons. The largest absolute Gasteiger partial charge is 0.366 e. The van der Waals surface area contributed by atoms with Crippen LogP contribution in [-0.2, 0) is 6.54 Å². The van der Waals surface area contributed by atoms with Gasteiger partial charge in [0.15, 0.2) is 0 Å². The number of nitrogens with one attached hydrogen (secondary N) is 1. The first kappa shape index (κ1) is 15.3. The number of carbonyl (C=O) groups excluding carboxylic acids is 1. The van der Waals surface area contributed by atoms with Crippen molar-refractivity contribution < 1.29 is 4.79 Å². The normalized spacial score (nSPS) is 13.9. The van der Waals surface area contributed by atoms with Crippen molar-refractivity contribution in [1.82, 2.24) is 15.1 Å². The molecule has 1 amide bonds. The van der Waals surface area contributed by atoms with E-state index in [1.807, 2.05) is 42.2 Å². The molecule has 1 heterocycles. The SMILES string of the molecule is Cc1cnn([C@@H](C)[C@H](C)NCc2cccc(C(N)=O)c2)c1. The number of benzene rings is 1. The molecule has 0 aliphatic carbocycles. The van der Waals surface area contributed by atoms with Crippen LogP contribution in [-0.4, -0.2) is 21.7 Å². The molecule has 0 unspecified atom stereocenters. The Bertz CT molecular complexity index is 620. The second-order valence-electron chi connectivity index (χ2n) is 5.47. The van der Waals surface area contributed by atoms with Crippen LogP contribution in [0.4, 0.5) is 0 Å². The van der Waals surface area contributed by atoms with Crippen molar-refractivity contribution in [3.63, 3.8) is 0 Å². The highest BCUT2D eigenvalue weighted by Crippen LogP contribution is 2.12. The first-order valence-electron chi connectivity index (χ1n) is 7.10. The Kier molecular flexibility index (Phi) is 4.75. The predicted octanol–water partition coefficient (Wildman–Crippen LogP) is 2.03. The van der Waals surface area contributed by atoms with E-state index in [1.54, 1.807) is 6.07 Å². The maximum atomic E-state index is 11.2. The third-order valence-corrected chi connectivity index (χ3v) is 3.71. The Morgan fingerprint density at radius 1 is 1.43 bits per heavy atom. The second kappa shape index (κ2) is 6.54. The highest BCUT2D eigenvalue weighted by atomic mass is 16.1.